The number of carbonyl (C=O) groups excluding carboxylic acids is 5. The average molecular weight is 852 g/mol. The Bertz CT molecular complexity index is 2370. The molecule has 9 rings (SSSR count). The molecule has 6 heterocycles. The van der Waals surface area contributed by atoms with E-state index >= 15 is 4.39 Å². The van der Waals surface area contributed by atoms with Crippen molar-refractivity contribution in [2.24, 2.45) is 22.7 Å². The summed E-state index contributed by atoms with van der Waals surface area (Å²) in [5, 5.41) is 14.5. The van der Waals surface area contributed by atoms with Crippen LogP contribution in [-0.2, 0) is 9.59 Å². The maximum atomic E-state index is 15.6. The number of nitrogens with one attached hydrogen (secondary N) is 2. The number of fused-ring (bicyclic) bond motifs is 2. The van der Waals surface area contributed by atoms with E-state index in [4.69, 9.17) is 22.9 Å². The van der Waals surface area contributed by atoms with E-state index in [1.54, 1.807) is 24.3 Å². The van der Waals surface area contributed by atoms with Crippen molar-refractivity contribution < 1.29 is 33.1 Å². The van der Waals surface area contributed by atoms with Gasteiger partial charge in [0.15, 0.2) is 11.5 Å². The lowest BCUT2D eigenvalue weighted by atomic mass is 9.49. The highest BCUT2D eigenvalue weighted by Crippen LogP contribution is 2.56. The largest absolute Gasteiger partial charge is 0.489 e. The predicted molar refractivity (Wildman–Crippen MR) is 222 cm³/mol. The lowest BCUT2D eigenvalue weighted by Crippen LogP contribution is -2.74. The topological polar surface area (TPSA) is 162 Å². The molecule has 5 fully saturated rings. The number of likely N-dealkylation sites (tertiary alicyclic amines) is 1. The van der Waals surface area contributed by atoms with Gasteiger partial charge in [0.2, 0.25) is 17.5 Å². The number of nitrogens with zero attached hydrogens (tertiary/aromatic N) is 7. The summed E-state index contributed by atoms with van der Waals surface area (Å²) in [6.07, 6.45) is 1.71. The van der Waals surface area contributed by atoms with Gasteiger partial charge in [0.25, 0.3) is 17.7 Å². The quantitative estimate of drug-likeness (QED) is 0.235. The van der Waals surface area contributed by atoms with Crippen LogP contribution < -0.4 is 25.2 Å². The van der Waals surface area contributed by atoms with E-state index < -0.39 is 46.3 Å². The number of hydrogen-bond donors (Lipinski definition) is 2. The zero-order valence-corrected chi connectivity index (χ0v) is 35.2. The second-order valence-electron chi connectivity index (χ2n) is 18.4. The molecule has 5 amide bonds. The molecule has 2 aromatic carbocycles. The molecule has 15 nitrogen and oxygen atoms in total. The number of imide groups is 2. The molecule has 61 heavy (non-hydrogen) atoms. The molecule has 6 aliphatic rings. The molecular formula is C44H47ClFN9O6. The number of halogens is 2. The van der Waals surface area contributed by atoms with Crippen molar-refractivity contribution in [3.05, 3.63) is 81.5 Å². The molecule has 2 N–H and O–H groups in total. The first-order valence-corrected chi connectivity index (χ1v) is 21.2. The van der Waals surface area contributed by atoms with Crippen LogP contribution in [0, 0.1) is 35.1 Å². The van der Waals surface area contributed by atoms with Gasteiger partial charge in [-0.05, 0) is 67.5 Å². The number of carbonyl (C=O) groups is 5. The molecule has 0 radical (unpaired) electrons. The number of amides is 5. The second kappa shape index (κ2) is 15.1. The third kappa shape index (κ3) is 6.95. The zero-order chi connectivity index (χ0) is 43.1. The van der Waals surface area contributed by atoms with E-state index in [2.05, 4.69) is 63.2 Å². The van der Waals surface area contributed by atoms with Gasteiger partial charge in [-0.1, -0.05) is 45.4 Å². The summed E-state index contributed by atoms with van der Waals surface area (Å²) in [6, 6.07) is 10.2. The van der Waals surface area contributed by atoms with Gasteiger partial charge >= 0.3 is 0 Å². The highest BCUT2D eigenvalue weighted by Gasteiger charge is 2.64. The lowest BCUT2D eigenvalue weighted by Gasteiger charge is -2.63. The van der Waals surface area contributed by atoms with E-state index in [1.165, 1.54) is 6.07 Å². The average Bonchev–Trinajstić information content (AvgIpc) is 3.89. The summed E-state index contributed by atoms with van der Waals surface area (Å²) in [6.45, 7) is 20.1. The van der Waals surface area contributed by atoms with Crippen LogP contribution in [0.15, 0.2) is 42.5 Å². The van der Waals surface area contributed by atoms with E-state index in [-0.39, 0.29) is 53.4 Å². The Morgan fingerprint density at radius 3 is 2.18 bits per heavy atom. The smallest absolute Gasteiger partial charge is 0.272 e. The van der Waals surface area contributed by atoms with Crippen molar-refractivity contribution in [2.75, 3.05) is 49.1 Å². The van der Waals surface area contributed by atoms with Gasteiger partial charge in [0, 0.05) is 68.6 Å². The Morgan fingerprint density at radius 1 is 0.902 bits per heavy atom. The molecule has 0 spiro atoms. The maximum absolute atomic E-state index is 15.6. The monoisotopic (exact) mass is 851 g/mol. The Morgan fingerprint density at radius 2 is 1.57 bits per heavy atom. The third-order valence-electron chi connectivity index (χ3n) is 14.0. The van der Waals surface area contributed by atoms with Crippen LogP contribution in [0.5, 0.6) is 5.75 Å². The van der Waals surface area contributed by atoms with Crippen molar-refractivity contribution in [3.8, 4) is 5.75 Å². The van der Waals surface area contributed by atoms with Gasteiger partial charge in [-0.2, -0.15) is 0 Å². The van der Waals surface area contributed by atoms with Crippen molar-refractivity contribution in [1.82, 2.24) is 30.6 Å². The number of hydrogen-bond acceptors (Lipinski definition) is 11. The Kier molecular flexibility index (Phi) is 10.1. The zero-order valence-electron chi connectivity index (χ0n) is 34.4. The molecule has 4 saturated heterocycles. The fraction of sp³-hybridized carbons (Fsp3) is 0.500. The van der Waals surface area contributed by atoms with E-state index in [9.17, 15) is 24.0 Å². The van der Waals surface area contributed by atoms with Crippen LogP contribution >= 0.6 is 11.6 Å². The van der Waals surface area contributed by atoms with Crippen molar-refractivity contribution in [1.29, 1.82) is 0 Å². The Balaban J connectivity index is 0.759. The summed E-state index contributed by atoms with van der Waals surface area (Å²) in [5.41, 5.74) is 0.0786. The van der Waals surface area contributed by atoms with Crippen LogP contribution in [0.2, 0.25) is 5.02 Å². The van der Waals surface area contributed by atoms with Crippen molar-refractivity contribution >= 4 is 58.3 Å². The molecular weight excluding hydrogens is 805 g/mol. The summed E-state index contributed by atoms with van der Waals surface area (Å²) >= 11 is 6.25. The van der Waals surface area contributed by atoms with Crippen LogP contribution in [0.3, 0.4) is 0 Å². The highest BCUT2D eigenvalue weighted by atomic mass is 35.5. The van der Waals surface area contributed by atoms with Gasteiger partial charge in [-0.25, -0.2) is 9.24 Å². The number of anilines is 2. The summed E-state index contributed by atoms with van der Waals surface area (Å²) in [5.74, 6) is -1.46. The van der Waals surface area contributed by atoms with Gasteiger partial charge in [0.1, 0.15) is 23.7 Å². The third-order valence-corrected chi connectivity index (χ3v) is 14.3. The first-order chi connectivity index (χ1) is 29.0. The van der Waals surface area contributed by atoms with Gasteiger partial charge in [-0.15, -0.1) is 10.2 Å². The highest BCUT2D eigenvalue weighted by molar-refractivity contribution is 6.33. The molecule has 3 atom stereocenters. The summed E-state index contributed by atoms with van der Waals surface area (Å²) in [7, 11) is 0. The minimum atomic E-state index is -1.10. The van der Waals surface area contributed by atoms with Crippen LogP contribution in [0.25, 0.3) is 4.85 Å². The fourth-order valence-corrected chi connectivity index (χ4v) is 11.3. The lowest BCUT2D eigenvalue weighted by molar-refractivity contribution is -0.164. The van der Waals surface area contributed by atoms with Gasteiger partial charge in [-0.3, -0.25) is 39.1 Å². The number of piperidine rings is 2. The van der Waals surface area contributed by atoms with Crippen molar-refractivity contribution in [3.63, 3.8) is 0 Å². The van der Waals surface area contributed by atoms with Gasteiger partial charge < -0.3 is 19.9 Å². The molecule has 17 heteroatoms. The van der Waals surface area contributed by atoms with Gasteiger partial charge in [0.05, 0.1) is 28.4 Å². The first kappa shape index (κ1) is 40.7. The molecule has 1 aliphatic carbocycles. The van der Waals surface area contributed by atoms with Crippen LogP contribution in [0.1, 0.15) is 84.6 Å². The van der Waals surface area contributed by atoms with E-state index in [0.717, 1.165) is 55.8 Å². The van der Waals surface area contributed by atoms with Crippen LogP contribution in [-0.4, -0.2) is 113 Å². The maximum Gasteiger partial charge on any atom is 0.272 e. The standard InChI is InChI=1S/C44H47ClFN9O6/c1-43(2)41(44(3,4)42(43)61-26-6-7-31(47-5)29(45)16-26)49-37(57)32-8-10-35(51-50-32)52-14-12-25(13-15-52)53-19-23-21-54(22-24(23)20-53)34-18-28-27(17-30(34)46)39(59)55(40(28)60)33-9-11-36(56)48-38(33)58/h6-8,10,16-18,23-25,33,41-42H,9,11-15,19-22H2,1-4H3,(H,49,57)(H,48,56,58)/t23-,24+,33?,41?,42?. The summed E-state index contributed by atoms with van der Waals surface area (Å²) < 4.78 is 22.0. The molecule has 5 aliphatic heterocycles. The second-order valence-corrected chi connectivity index (χ2v) is 18.8. The number of rotatable bonds is 8. The SMILES string of the molecule is [C-]#[N+]c1ccc(OC2C(C)(C)C(NC(=O)c3ccc(N4CCC(N5C[C@H]6CN(c7cc8c(cc7F)C(=O)N(C7CCC(=O)NC7=O)C8=O)C[C@H]6C5)CC4)nn3)C2(C)C)cc1Cl. The minimum absolute atomic E-state index is 0.0136. The number of aromatic nitrogens is 2. The molecule has 0 bridgehead atoms. The number of ether oxygens (including phenoxy) is 1. The normalized spacial score (nSPS) is 27.0. The molecule has 1 saturated carbocycles. The number of benzene rings is 2. The molecule has 3 aromatic rings. The molecule has 318 valence electrons. The van der Waals surface area contributed by atoms with Crippen LogP contribution in [0.4, 0.5) is 21.6 Å². The van der Waals surface area contributed by atoms with Crippen molar-refractivity contribution in [2.45, 2.75) is 77.6 Å². The Hall–Kier alpha value is -5.66. The molecule has 1 unspecified atom stereocenters. The molecule has 1 aromatic heterocycles. The fourth-order valence-electron chi connectivity index (χ4n) is 11.1. The first-order valence-electron chi connectivity index (χ1n) is 20.8. The summed E-state index contributed by atoms with van der Waals surface area (Å²) in [4.78, 5) is 75.1. The predicted octanol–water partition coefficient (Wildman–Crippen LogP) is 4.87. The van der Waals surface area contributed by atoms with E-state index in [1.807, 2.05) is 11.0 Å². The Labute approximate surface area is 357 Å². The minimum Gasteiger partial charge on any atom is -0.489 e. The van der Waals surface area contributed by atoms with E-state index in [0.29, 0.717) is 47.4 Å².